The van der Waals surface area contributed by atoms with Crippen molar-refractivity contribution in [1.82, 2.24) is 10.6 Å². The molecule has 1 fully saturated rings. The zero-order valence-corrected chi connectivity index (χ0v) is 18.8. The summed E-state index contributed by atoms with van der Waals surface area (Å²) >= 11 is 9.77. The van der Waals surface area contributed by atoms with Crippen molar-refractivity contribution in [2.24, 2.45) is 11.8 Å². The summed E-state index contributed by atoms with van der Waals surface area (Å²) in [5.74, 6) is 2.20. The molecule has 0 amide bonds. The smallest absolute Gasteiger partial charge is 0.123 e. The summed E-state index contributed by atoms with van der Waals surface area (Å²) in [6, 6.07) is 12.3. The van der Waals surface area contributed by atoms with Crippen LogP contribution in [0.3, 0.4) is 0 Å². The SMILES string of the molecule is CC(C)COc1ccc(/C=C/c2ccc(Br)cc2Cl)cc1CNCC1CNC1. The molecule has 0 aliphatic carbocycles. The number of nitrogens with one attached hydrogen (secondary N) is 2. The minimum atomic E-state index is 0.501. The van der Waals surface area contributed by atoms with E-state index in [9.17, 15) is 0 Å². The predicted octanol–water partition coefficient (Wildman–Crippen LogP) is 5.62. The van der Waals surface area contributed by atoms with Gasteiger partial charge in [0.1, 0.15) is 5.75 Å². The van der Waals surface area contributed by atoms with Crippen molar-refractivity contribution in [3.63, 3.8) is 0 Å². The zero-order valence-electron chi connectivity index (χ0n) is 16.5. The topological polar surface area (TPSA) is 33.3 Å². The average Bonchev–Trinajstić information content (AvgIpc) is 2.62. The van der Waals surface area contributed by atoms with Crippen molar-refractivity contribution < 1.29 is 4.74 Å². The Hall–Kier alpha value is -1.33. The molecule has 28 heavy (non-hydrogen) atoms. The highest BCUT2D eigenvalue weighted by Crippen LogP contribution is 2.25. The van der Waals surface area contributed by atoms with Gasteiger partial charge in [-0.05, 0) is 47.2 Å². The Morgan fingerprint density at radius 2 is 2.04 bits per heavy atom. The van der Waals surface area contributed by atoms with Crippen LogP contribution >= 0.6 is 27.5 Å². The molecule has 3 rings (SSSR count). The highest BCUT2D eigenvalue weighted by Gasteiger charge is 2.16. The van der Waals surface area contributed by atoms with Crippen LogP contribution in [0.15, 0.2) is 40.9 Å². The van der Waals surface area contributed by atoms with Crippen LogP contribution in [0.5, 0.6) is 5.75 Å². The van der Waals surface area contributed by atoms with Gasteiger partial charge >= 0.3 is 0 Å². The minimum absolute atomic E-state index is 0.501. The number of benzene rings is 2. The maximum Gasteiger partial charge on any atom is 0.123 e. The summed E-state index contributed by atoms with van der Waals surface area (Å²) in [5, 5.41) is 7.63. The van der Waals surface area contributed by atoms with Gasteiger partial charge in [-0.2, -0.15) is 0 Å². The lowest BCUT2D eigenvalue weighted by Gasteiger charge is -2.27. The van der Waals surface area contributed by atoms with E-state index >= 15 is 0 Å². The van der Waals surface area contributed by atoms with E-state index in [1.807, 2.05) is 18.2 Å². The van der Waals surface area contributed by atoms with E-state index in [4.69, 9.17) is 16.3 Å². The molecule has 0 spiro atoms. The molecule has 1 heterocycles. The van der Waals surface area contributed by atoms with Crippen LogP contribution in [0.2, 0.25) is 5.02 Å². The molecule has 0 bridgehead atoms. The third-order valence-corrected chi connectivity index (χ3v) is 5.51. The monoisotopic (exact) mass is 462 g/mol. The van der Waals surface area contributed by atoms with Gasteiger partial charge in [-0.15, -0.1) is 0 Å². The number of halogens is 2. The largest absolute Gasteiger partial charge is 0.493 e. The number of ether oxygens (including phenoxy) is 1. The summed E-state index contributed by atoms with van der Waals surface area (Å²) in [6.45, 7) is 9.13. The number of hydrogen-bond donors (Lipinski definition) is 2. The van der Waals surface area contributed by atoms with Crippen molar-refractivity contribution in [3.8, 4) is 5.75 Å². The van der Waals surface area contributed by atoms with Gasteiger partial charge in [0, 0.05) is 41.2 Å². The Kier molecular flexibility index (Phi) is 7.98. The summed E-state index contributed by atoms with van der Waals surface area (Å²) < 4.78 is 7.03. The van der Waals surface area contributed by atoms with Gasteiger partial charge in [-0.3, -0.25) is 0 Å². The van der Waals surface area contributed by atoms with Crippen LogP contribution in [0.1, 0.15) is 30.5 Å². The second kappa shape index (κ2) is 10.4. The van der Waals surface area contributed by atoms with E-state index in [-0.39, 0.29) is 0 Å². The Morgan fingerprint density at radius 1 is 1.21 bits per heavy atom. The highest BCUT2D eigenvalue weighted by atomic mass is 79.9. The molecule has 2 aromatic rings. The Balaban J connectivity index is 1.72. The maximum atomic E-state index is 6.32. The summed E-state index contributed by atoms with van der Waals surface area (Å²) in [7, 11) is 0. The van der Waals surface area contributed by atoms with Crippen molar-refractivity contribution in [2.45, 2.75) is 20.4 Å². The number of rotatable bonds is 9. The van der Waals surface area contributed by atoms with Crippen LogP contribution in [-0.4, -0.2) is 26.2 Å². The maximum absolute atomic E-state index is 6.32. The normalized spacial score (nSPS) is 14.6. The van der Waals surface area contributed by atoms with Gasteiger partial charge in [0.25, 0.3) is 0 Å². The molecule has 0 radical (unpaired) electrons. The standard InChI is InChI=1S/C23H28BrClN2O/c1-16(2)15-28-23-8-4-17(3-5-19-6-7-21(24)10-22(19)25)9-20(23)14-27-13-18-11-26-12-18/h3-10,16,18,26-27H,11-15H2,1-2H3/b5-3+. The molecule has 0 atom stereocenters. The van der Waals surface area contributed by atoms with Gasteiger partial charge < -0.3 is 15.4 Å². The molecule has 1 aliphatic rings. The third-order valence-electron chi connectivity index (χ3n) is 4.69. The fraction of sp³-hybridized carbons (Fsp3) is 0.391. The van der Waals surface area contributed by atoms with Gasteiger partial charge in [0.2, 0.25) is 0 Å². The van der Waals surface area contributed by atoms with E-state index < -0.39 is 0 Å². The molecule has 1 aliphatic heterocycles. The second-order valence-corrected chi connectivity index (χ2v) is 9.05. The molecule has 3 nitrogen and oxygen atoms in total. The first-order valence-corrected chi connectivity index (χ1v) is 11.0. The summed E-state index contributed by atoms with van der Waals surface area (Å²) in [6.07, 6.45) is 4.15. The predicted molar refractivity (Wildman–Crippen MR) is 123 cm³/mol. The van der Waals surface area contributed by atoms with Gasteiger partial charge in [0.15, 0.2) is 0 Å². The van der Waals surface area contributed by atoms with Crippen molar-refractivity contribution in [2.75, 3.05) is 26.2 Å². The van der Waals surface area contributed by atoms with Crippen LogP contribution in [0.4, 0.5) is 0 Å². The van der Waals surface area contributed by atoms with Gasteiger partial charge in [0.05, 0.1) is 6.61 Å². The molecular weight excluding hydrogens is 436 g/mol. The first-order chi connectivity index (χ1) is 13.5. The van der Waals surface area contributed by atoms with E-state index in [0.29, 0.717) is 5.92 Å². The third kappa shape index (κ3) is 6.35. The van der Waals surface area contributed by atoms with Crippen molar-refractivity contribution in [3.05, 3.63) is 62.6 Å². The fourth-order valence-corrected chi connectivity index (χ4v) is 3.70. The van der Waals surface area contributed by atoms with Crippen LogP contribution < -0.4 is 15.4 Å². The van der Waals surface area contributed by atoms with Crippen LogP contribution in [0, 0.1) is 11.8 Å². The van der Waals surface area contributed by atoms with E-state index in [1.165, 1.54) is 5.56 Å². The highest BCUT2D eigenvalue weighted by molar-refractivity contribution is 9.10. The van der Waals surface area contributed by atoms with Crippen molar-refractivity contribution in [1.29, 1.82) is 0 Å². The molecule has 0 aromatic heterocycles. The Bertz CT molecular complexity index is 818. The van der Waals surface area contributed by atoms with E-state index in [2.05, 4.69) is 70.8 Å². The molecule has 0 saturated carbocycles. The lowest BCUT2D eigenvalue weighted by Crippen LogP contribution is -2.47. The van der Waals surface area contributed by atoms with Gasteiger partial charge in [-0.1, -0.05) is 65.7 Å². The molecule has 0 unspecified atom stereocenters. The first kappa shape index (κ1) is 21.4. The summed E-state index contributed by atoms with van der Waals surface area (Å²) in [5.41, 5.74) is 3.33. The molecular formula is C23H28BrClN2O. The fourth-order valence-electron chi connectivity index (χ4n) is 2.96. The van der Waals surface area contributed by atoms with Crippen molar-refractivity contribution >= 4 is 39.7 Å². The molecule has 2 N–H and O–H groups in total. The second-order valence-electron chi connectivity index (χ2n) is 7.73. The summed E-state index contributed by atoms with van der Waals surface area (Å²) in [4.78, 5) is 0. The van der Waals surface area contributed by atoms with E-state index in [0.717, 1.165) is 65.1 Å². The molecule has 5 heteroatoms. The zero-order chi connectivity index (χ0) is 19.9. The molecule has 1 saturated heterocycles. The quantitative estimate of drug-likeness (QED) is 0.474. The molecule has 150 valence electrons. The minimum Gasteiger partial charge on any atom is -0.493 e. The van der Waals surface area contributed by atoms with Crippen LogP contribution in [-0.2, 0) is 6.54 Å². The first-order valence-electron chi connectivity index (χ1n) is 9.81. The average molecular weight is 464 g/mol. The number of hydrogen-bond acceptors (Lipinski definition) is 3. The lowest BCUT2D eigenvalue weighted by molar-refractivity contribution is 0.267. The van der Waals surface area contributed by atoms with Gasteiger partial charge in [-0.25, -0.2) is 0 Å². The van der Waals surface area contributed by atoms with E-state index in [1.54, 1.807) is 0 Å². The Morgan fingerprint density at radius 3 is 2.71 bits per heavy atom. The van der Waals surface area contributed by atoms with Crippen LogP contribution in [0.25, 0.3) is 12.2 Å². The Labute approximate surface area is 181 Å². The lowest BCUT2D eigenvalue weighted by atomic mass is 10.0. The molecule has 2 aromatic carbocycles.